The van der Waals surface area contributed by atoms with Crippen LogP contribution in [0, 0.1) is 11.3 Å². The molecule has 2 rings (SSSR count). The summed E-state index contributed by atoms with van der Waals surface area (Å²) in [5, 5.41) is 9.18. The van der Waals surface area contributed by atoms with E-state index in [1.807, 2.05) is 0 Å². The number of hydrazine groups is 1. The van der Waals surface area contributed by atoms with Gasteiger partial charge < -0.3 is 4.74 Å². The van der Waals surface area contributed by atoms with Gasteiger partial charge in [-0.15, -0.1) is 0 Å². The van der Waals surface area contributed by atoms with Gasteiger partial charge in [0.05, 0.1) is 11.1 Å². The van der Waals surface area contributed by atoms with Crippen molar-refractivity contribution in [1.82, 2.24) is 10.9 Å². The Labute approximate surface area is 154 Å². The van der Waals surface area contributed by atoms with Crippen LogP contribution in [0.15, 0.2) is 58.3 Å². The molecular formula is C18H15N3O4S. The number of hydrogen-bond acceptors (Lipinski definition) is 6. The van der Waals surface area contributed by atoms with Gasteiger partial charge in [-0.05, 0) is 24.3 Å². The van der Waals surface area contributed by atoms with Gasteiger partial charge in [0.2, 0.25) is 5.91 Å². The van der Waals surface area contributed by atoms with Gasteiger partial charge in [-0.3, -0.25) is 20.4 Å². The summed E-state index contributed by atoms with van der Waals surface area (Å²) in [7, 11) is 0. The summed E-state index contributed by atoms with van der Waals surface area (Å²) in [5.74, 6) is -1.78. The molecule has 26 heavy (non-hydrogen) atoms. The Balaban J connectivity index is 2.08. The van der Waals surface area contributed by atoms with Crippen molar-refractivity contribution in [3.63, 3.8) is 0 Å². The fourth-order valence-corrected chi connectivity index (χ4v) is 2.91. The SMILES string of the molecule is CC(=O)NNC(=O)COC(=O)c1ccccc1Sc1ccccc1C#N. The van der Waals surface area contributed by atoms with Crippen molar-refractivity contribution in [3.8, 4) is 6.07 Å². The summed E-state index contributed by atoms with van der Waals surface area (Å²) in [6.45, 7) is 0.700. The van der Waals surface area contributed by atoms with E-state index in [1.165, 1.54) is 18.7 Å². The second-order valence-electron chi connectivity index (χ2n) is 5.01. The van der Waals surface area contributed by atoms with E-state index < -0.39 is 24.4 Å². The highest BCUT2D eigenvalue weighted by atomic mass is 32.2. The van der Waals surface area contributed by atoms with Crippen LogP contribution in [0.3, 0.4) is 0 Å². The van der Waals surface area contributed by atoms with Crippen molar-refractivity contribution < 1.29 is 19.1 Å². The molecule has 2 aromatic carbocycles. The molecule has 0 fully saturated rings. The van der Waals surface area contributed by atoms with E-state index in [2.05, 4.69) is 16.9 Å². The molecule has 0 saturated heterocycles. The first-order valence-corrected chi connectivity index (χ1v) is 8.31. The highest BCUT2D eigenvalue weighted by molar-refractivity contribution is 7.99. The minimum atomic E-state index is -0.680. The number of carbonyl (C=O) groups excluding carboxylic acids is 3. The molecule has 2 amide bonds. The first-order chi connectivity index (χ1) is 12.5. The molecule has 8 heteroatoms. The Bertz CT molecular complexity index is 877. The topological polar surface area (TPSA) is 108 Å². The lowest BCUT2D eigenvalue weighted by Gasteiger charge is -2.10. The van der Waals surface area contributed by atoms with E-state index in [4.69, 9.17) is 4.74 Å². The standard InChI is InChI=1S/C18H15N3O4S/c1-12(22)20-21-17(23)11-25-18(24)14-7-3-5-9-16(14)26-15-8-4-2-6-13(15)10-19/h2-9H,11H2,1H3,(H,20,22)(H,21,23). The Morgan fingerprint density at radius 3 is 2.38 bits per heavy atom. The van der Waals surface area contributed by atoms with E-state index in [9.17, 15) is 19.6 Å². The third-order valence-electron chi connectivity index (χ3n) is 3.05. The summed E-state index contributed by atoms with van der Waals surface area (Å²) in [6, 6.07) is 15.9. The van der Waals surface area contributed by atoms with E-state index >= 15 is 0 Å². The number of nitriles is 1. The molecule has 132 valence electrons. The molecule has 0 aliphatic rings. The number of rotatable bonds is 5. The largest absolute Gasteiger partial charge is 0.452 e. The van der Waals surface area contributed by atoms with Gasteiger partial charge in [-0.1, -0.05) is 36.0 Å². The van der Waals surface area contributed by atoms with Gasteiger partial charge in [0.1, 0.15) is 6.07 Å². The Kier molecular flexibility index (Phi) is 6.76. The van der Waals surface area contributed by atoms with Gasteiger partial charge >= 0.3 is 5.97 Å². The normalized spacial score (nSPS) is 9.69. The first kappa shape index (κ1) is 19.0. The molecule has 0 aromatic heterocycles. The van der Waals surface area contributed by atoms with Crippen molar-refractivity contribution in [3.05, 3.63) is 59.7 Å². The number of ether oxygens (including phenoxy) is 1. The van der Waals surface area contributed by atoms with Crippen molar-refractivity contribution in [2.45, 2.75) is 16.7 Å². The predicted octanol–water partition coefficient (Wildman–Crippen LogP) is 2.03. The zero-order valence-electron chi connectivity index (χ0n) is 13.8. The van der Waals surface area contributed by atoms with Crippen molar-refractivity contribution in [2.24, 2.45) is 0 Å². The van der Waals surface area contributed by atoms with Crippen LogP contribution in [0.4, 0.5) is 0 Å². The van der Waals surface area contributed by atoms with Crippen LogP contribution in [0.2, 0.25) is 0 Å². The molecule has 2 aromatic rings. The number of benzene rings is 2. The predicted molar refractivity (Wildman–Crippen MR) is 94.0 cm³/mol. The van der Waals surface area contributed by atoms with Crippen LogP contribution in [-0.4, -0.2) is 24.4 Å². The van der Waals surface area contributed by atoms with Crippen LogP contribution >= 0.6 is 11.8 Å². The molecule has 7 nitrogen and oxygen atoms in total. The van der Waals surface area contributed by atoms with E-state index in [-0.39, 0.29) is 5.56 Å². The number of nitrogens with zero attached hydrogens (tertiary/aromatic N) is 1. The average molecular weight is 369 g/mol. The van der Waals surface area contributed by atoms with Crippen molar-refractivity contribution in [2.75, 3.05) is 6.61 Å². The lowest BCUT2D eigenvalue weighted by atomic mass is 10.2. The second kappa shape index (κ2) is 9.25. The van der Waals surface area contributed by atoms with Gasteiger partial charge in [0.15, 0.2) is 6.61 Å². The molecule has 0 bridgehead atoms. The van der Waals surface area contributed by atoms with Gasteiger partial charge in [-0.25, -0.2) is 4.79 Å². The monoisotopic (exact) mass is 369 g/mol. The molecule has 0 saturated carbocycles. The van der Waals surface area contributed by atoms with Crippen LogP contribution < -0.4 is 10.9 Å². The number of hydrogen-bond donors (Lipinski definition) is 2. The fourth-order valence-electron chi connectivity index (χ4n) is 1.89. The minimum absolute atomic E-state index is 0.276. The highest BCUT2D eigenvalue weighted by Gasteiger charge is 2.16. The maximum absolute atomic E-state index is 12.3. The second-order valence-corrected chi connectivity index (χ2v) is 6.10. The lowest BCUT2D eigenvalue weighted by molar-refractivity contribution is -0.129. The molecular weight excluding hydrogens is 354 g/mol. The zero-order chi connectivity index (χ0) is 18.9. The molecule has 0 atom stereocenters. The number of nitrogens with one attached hydrogen (secondary N) is 2. The van der Waals surface area contributed by atoms with E-state index in [1.54, 1.807) is 48.5 Å². The van der Waals surface area contributed by atoms with Crippen molar-refractivity contribution in [1.29, 1.82) is 5.26 Å². The van der Waals surface area contributed by atoms with E-state index in [0.717, 1.165) is 0 Å². The molecule has 0 aliphatic heterocycles. The third kappa shape index (κ3) is 5.36. The van der Waals surface area contributed by atoms with Gasteiger partial charge in [0.25, 0.3) is 5.91 Å². The summed E-state index contributed by atoms with van der Waals surface area (Å²) < 4.78 is 4.98. The zero-order valence-corrected chi connectivity index (χ0v) is 14.6. The fraction of sp³-hybridized carbons (Fsp3) is 0.111. The Morgan fingerprint density at radius 2 is 1.69 bits per heavy atom. The van der Waals surface area contributed by atoms with Crippen LogP contribution in [0.1, 0.15) is 22.8 Å². The molecule has 0 heterocycles. The van der Waals surface area contributed by atoms with Crippen molar-refractivity contribution >= 4 is 29.5 Å². The minimum Gasteiger partial charge on any atom is -0.452 e. The number of carbonyl (C=O) groups is 3. The highest BCUT2D eigenvalue weighted by Crippen LogP contribution is 2.32. The molecule has 0 spiro atoms. The first-order valence-electron chi connectivity index (χ1n) is 7.50. The van der Waals surface area contributed by atoms with Crippen LogP contribution in [-0.2, 0) is 14.3 Å². The third-order valence-corrected chi connectivity index (χ3v) is 4.20. The van der Waals surface area contributed by atoms with Gasteiger partial charge in [0, 0.05) is 16.7 Å². The summed E-state index contributed by atoms with van der Waals surface area (Å²) in [5.41, 5.74) is 4.97. The van der Waals surface area contributed by atoms with E-state index in [0.29, 0.717) is 15.4 Å². The van der Waals surface area contributed by atoms with Crippen LogP contribution in [0.25, 0.3) is 0 Å². The Morgan fingerprint density at radius 1 is 1.04 bits per heavy atom. The lowest BCUT2D eigenvalue weighted by Crippen LogP contribution is -2.42. The van der Waals surface area contributed by atoms with Crippen LogP contribution in [0.5, 0.6) is 0 Å². The average Bonchev–Trinajstić information content (AvgIpc) is 2.65. The summed E-state index contributed by atoms with van der Waals surface area (Å²) in [4.78, 5) is 35.8. The maximum atomic E-state index is 12.3. The smallest absolute Gasteiger partial charge is 0.339 e. The molecule has 2 N–H and O–H groups in total. The Hall–Kier alpha value is -3.31. The number of amides is 2. The van der Waals surface area contributed by atoms with Gasteiger partial charge in [-0.2, -0.15) is 5.26 Å². The number of esters is 1. The summed E-state index contributed by atoms with van der Waals surface area (Å²) in [6.07, 6.45) is 0. The maximum Gasteiger partial charge on any atom is 0.339 e. The molecule has 0 radical (unpaired) electrons. The quantitative estimate of drug-likeness (QED) is 0.617. The summed E-state index contributed by atoms with van der Waals surface area (Å²) >= 11 is 1.26. The molecule has 0 unspecified atom stereocenters. The molecule has 0 aliphatic carbocycles.